The molecule has 0 aliphatic carbocycles. The minimum atomic E-state index is -0.490. The number of anilines is 1. The minimum Gasteiger partial charge on any atom is -0.324 e. The molecule has 2 rings (SSSR count). The molecular weight excluding hydrogens is 328 g/mol. The molecule has 0 saturated heterocycles. The molecule has 1 heterocycles. The molecule has 104 valence electrons. The summed E-state index contributed by atoms with van der Waals surface area (Å²) in [5.41, 5.74) is 1.28. The van der Waals surface area contributed by atoms with E-state index in [1.54, 1.807) is 6.20 Å². The predicted octanol–water partition coefficient (Wildman–Crippen LogP) is 2.50. The summed E-state index contributed by atoms with van der Waals surface area (Å²) >= 11 is 3.32. The quantitative estimate of drug-likeness (QED) is 0.684. The molecule has 0 fully saturated rings. The van der Waals surface area contributed by atoms with Gasteiger partial charge in [-0.25, -0.2) is 0 Å². The van der Waals surface area contributed by atoms with Gasteiger partial charge in [-0.2, -0.15) is 5.10 Å². The van der Waals surface area contributed by atoms with Crippen LogP contribution in [-0.2, 0) is 11.3 Å². The van der Waals surface area contributed by atoms with Gasteiger partial charge in [0.05, 0.1) is 15.1 Å². The number of nitro benzene ring substituents is 1. The number of carbonyl (C=O) groups is 1. The smallest absolute Gasteiger partial charge is 0.269 e. The molecule has 0 unspecified atom stereocenters. The molecular formula is C12H11BrN4O3. The molecule has 1 N–H and O–H groups in total. The first-order chi connectivity index (χ1) is 9.45. The summed E-state index contributed by atoms with van der Waals surface area (Å²) in [5.74, 6) is -0.256. The second-order valence-electron chi connectivity index (χ2n) is 4.11. The molecule has 1 amide bonds. The van der Waals surface area contributed by atoms with Crippen molar-refractivity contribution < 1.29 is 9.72 Å². The standard InChI is InChI=1S/C12H11BrN4O3/c1-8-11(13)6-16(15-8)7-12(18)14-9-2-4-10(5-3-9)17(19)20/h2-6H,7H2,1H3,(H,14,18). The maximum Gasteiger partial charge on any atom is 0.269 e. The fourth-order valence-electron chi connectivity index (χ4n) is 1.59. The van der Waals surface area contributed by atoms with E-state index in [0.29, 0.717) is 5.69 Å². The monoisotopic (exact) mass is 338 g/mol. The third-order valence-electron chi connectivity index (χ3n) is 2.55. The Balaban J connectivity index is 1.99. The van der Waals surface area contributed by atoms with Gasteiger partial charge in [0.1, 0.15) is 6.54 Å². The van der Waals surface area contributed by atoms with E-state index in [9.17, 15) is 14.9 Å². The zero-order valence-corrected chi connectivity index (χ0v) is 12.1. The molecule has 0 aliphatic rings. The van der Waals surface area contributed by atoms with E-state index in [1.165, 1.54) is 28.9 Å². The van der Waals surface area contributed by atoms with Crippen molar-refractivity contribution in [2.24, 2.45) is 0 Å². The lowest BCUT2D eigenvalue weighted by atomic mass is 10.3. The molecule has 1 aromatic heterocycles. The summed E-state index contributed by atoms with van der Waals surface area (Å²) < 4.78 is 2.35. The van der Waals surface area contributed by atoms with Gasteiger partial charge in [0.2, 0.25) is 5.91 Å². The lowest BCUT2D eigenvalue weighted by molar-refractivity contribution is -0.384. The third kappa shape index (κ3) is 3.41. The first-order valence-electron chi connectivity index (χ1n) is 5.69. The lowest BCUT2D eigenvalue weighted by Crippen LogP contribution is -2.19. The van der Waals surface area contributed by atoms with Crippen LogP contribution in [0.4, 0.5) is 11.4 Å². The number of hydrogen-bond donors (Lipinski definition) is 1. The van der Waals surface area contributed by atoms with Crippen molar-refractivity contribution in [3.8, 4) is 0 Å². The van der Waals surface area contributed by atoms with Gasteiger partial charge < -0.3 is 5.32 Å². The molecule has 20 heavy (non-hydrogen) atoms. The molecule has 0 spiro atoms. The Kier molecular flexibility index (Phi) is 4.14. The highest BCUT2D eigenvalue weighted by Crippen LogP contribution is 2.16. The van der Waals surface area contributed by atoms with E-state index in [1.807, 2.05) is 6.92 Å². The second-order valence-corrected chi connectivity index (χ2v) is 4.97. The van der Waals surface area contributed by atoms with Gasteiger partial charge in [-0.15, -0.1) is 0 Å². The van der Waals surface area contributed by atoms with Crippen LogP contribution < -0.4 is 5.32 Å². The Morgan fingerprint density at radius 2 is 2.10 bits per heavy atom. The number of benzene rings is 1. The first-order valence-corrected chi connectivity index (χ1v) is 6.49. The largest absolute Gasteiger partial charge is 0.324 e. The number of nitrogens with zero attached hydrogens (tertiary/aromatic N) is 3. The Morgan fingerprint density at radius 1 is 1.45 bits per heavy atom. The highest BCUT2D eigenvalue weighted by molar-refractivity contribution is 9.10. The Labute approximate surface area is 122 Å². The lowest BCUT2D eigenvalue weighted by Gasteiger charge is -2.05. The van der Waals surface area contributed by atoms with E-state index >= 15 is 0 Å². The molecule has 2 aromatic rings. The second kappa shape index (κ2) is 5.83. The minimum absolute atomic E-state index is 0.0189. The Hall–Kier alpha value is -2.22. The SMILES string of the molecule is Cc1nn(CC(=O)Nc2ccc([N+](=O)[O-])cc2)cc1Br. The number of nitrogens with one attached hydrogen (secondary N) is 1. The normalized spacial score (nSPS) is 10.3. The number of carbonyl (C=O) groups excluding carboxylic acids is 1. The van der Waals surface area contributed by atoms with Crippen LogP contribution in [0.15, 0.2) is 34.9 Å². The number of amides is 1. The average molecular weight is 339 g/mol. The number of non-ortho nitro benzene ring substituents is 1. The van der Waals surface area contributed by atoms with E-state index < -0.39 is 4.92 Å². The van der Waals surface area contributed by atoms with Crippen molar-refractivity contribution in [1.82, 2.24) is 9.78 Å². The summed E-state index contributed by atoms with van der Waals surface area (Å²) in [6, 6.07) is 5.65. The zero-order valence-electron chi connectivity index (χ0n) is 10.5. The van der Waals surface area contributed by atoms with Crippen LogP contribution in [-0.4, -0.2) is 20.6 Å². The fourth-order valence-corrected chi connectivity index (χ4v) is 1.90. The van der Waals surface area contributed by atoms with E-state index in [0.717, 1.165) is 10.2 Å². The van der Waals surface area contributed by atoms with Gasteiger partial charge >= 0.3 is 0 Å². The number of aryl methyl sites for hydroxylation is 1. The molecule has 8 heteroatoms. The van der Waals surface area contributed by atoms with Gasteiger partial charge in [-0.3, -0.25) is 19.6 Å². The highest BCUT2D eigenvalue weighted by atomic mass is 79.9. The average Bonchev–Trinajstić information content (AvgIpc) is 2.68. The fraction of sp³-hybridized carbons (Fsp3) is 0.167. The number of rotatable bonds is 4. The van der Waals surface area contributed by atoms with Gasteiger partial charge in [0.15, 0.2) is 0 Å². The van der Waals surface area contributed by atoms with Crippen LogP contribution in [0, 0.1) is 17.0 Å². The van der Waals surface area contributed by atoms with Crippen molar-refractivity contribution in [2.75, 3.05) is 5.32 Å². The van der Waals surface area contributed by atoms with Crippen molar-refractivity contribution in [2.45, 2.75) is 13.5 Å². The molecule has 0 saturated carbocycles. The maximum absolute atomic E-state index is 11.8. The number of nitro groups is 1. The summed E-state index contributed by atoms with van der Waals surface area (Å²) in [5, 5.41) is 17.3. The zero-order chi connectivity index (χ0) is 14.7. The van der Waals surface area contributed by atoms with Gasteiger partial charge in [-0.1, -0.05) is 0 Å². The molecule has 0 aliphatic heterocycles. The third-order valence-corrected chi connectivity index (χ3v) is 3.33. The van der Waals surface area contributed by atoms with Gasteiger partial charge in [0.25, 0.3) is 5.69 Å². The Morgan fingerprint density at radius 3 is 2.60 bits per heavy atom. The van der Waals surface area contributed by atoms with Crippen molar-refractivity contribution in [3.05, 3.63) is 50.7 Å². The highest BCUT2D eigenvalue weighted by Gasteiger charge is 2.08. The summed E-state index contributed by atoms with van der Waals surface area (Å²) in [7, 11) is 0. The molecule has 0 radical (unpaired) electrons. The van der Waals surface area contributed by atoms with Crippen LogP contribution in [0.5, 0.6) is 0 Å². The van der Waals surface area contributed by atoms with Gasteiger partial charge in [-0.05, 0) is 35.0 Å². The number of aromatic nitrogens is 2. The first kappa shape index (κ1) is 14.2. The molecule has 7 nitrogen and oxygen atoms in total. The van der Waals surface area contributed by atoms with Gasteiger partial charge in [0, 0.05) is 24.0 Å². The van der Waals surface area contributed by atoms with Crippen LogP contribution in [0.25, 0.3) is 0 Å². The van der Waals surface area contributed by atoms with E-state index in [2.05, 4.69) is 26.3 Å². The number of hydrogen-bond acceptors (Lipinski definition) is 4. The molecule has 1 aromatic carbocycles. The molecule has 0 atom stereocenters. The summed E-state index contributed by atoms with van der Waals surface area (Å²) in [6.07, 6.45) is 1.71. The summed E-state index contributed by atoms with van der Waals surface area (Å²) in [6.45, 7) is 1.90. The van der Waals surface area contributed by atoms with Crippen molar-refractivity contribution in [1.29, 1.82) is 0 Å². The van der Waals surface area contributed by atoms with Crippen molar-refractivity contribution >= 4 is 33.2 Å². The van der Waals surface area contributed by atoms with Crippen LogP contribution in [0.1, 0.15) is 5.69 Å². The van der Waals surface area contributed by atoms with E-state index in [4.69, 9.17) is 0 Å². The maximum atomic E-state index is 11.8. The van der Waals surface area contributed by atoms with Crippen molar-refractivity contribution in [3.63, 3.8) is 0 Å². The van der Waals surface area contributed by atoms with Crippen LogP contribution >= 0.6 is 15.9 Å². The number of halogens is 1. The predicted molar refractivity (Wildman–Crippen MR) is 76.4 cm³/mol. The van der Waals surface area contributed by atoms with Crippen LogP contribution in [0.2, 0.25) is 0 Å². The van der Waals surface area contributed by atoms with E-state index in [-0.39, 0.29) is 18.1 Å². The topological polar surface area (TPSA) is 90.1 Å². The molecule has 0 bridgehead atoms. The van der Waals surface area contributed by atoms with Crippen LogP contribution in [0.3, 0.4) is 0 Å². The summed E-state index contributed by atoms with van der Waals surface area (Å²) in [4.78, 5) is 21.8. The Bertz CT molecular complexity index is 632.